The van der Waals surface area contributed by atoms with Crippen LogP contribution in [0.25, 0.3) is 5.52 Å². The molecule has 0 bridgehead atoms. The van der Waals surface area contributed by atoms with Crippen LogP contribution in [0, 0.1) is 6.92 Å². The Hall–Kier alpha value is -1.15. The highest BCUT2D eigenvalue weighted by Gasteiger charge is 2.10. The summed E-state index contributed by atoms with van der Waals surface area (Å²) in [6.07, 6.45) is 2.00. The number of pyridine rings is 1. The summed E-state index contributed by atoms with van der Waals surface area (Å²) < 4.78 is 2.05. The number of aromatic nitrogens is 1. The molecule has 0 saturated heterocycles. The standard InChI is InChI=1S/C10H11ClN2/c1-7-9(11)8-5-3-4-6-13(8)10(7)12-2/h3-6,12H,1-2H3. The van der Waals surface area contributed by atoms with Gasteiger partial charge >= 0.3 is 0 Å². The van der Waals surface area contributed by atoms with Crippen LogP contribution in [-0.4, -0.2) is 11.4 Å². The van der Waals surface area contributed by atoms with Crippen molar-refractivity contribution in [1.29, 1.82) is 0 Å². The lowest BCUT2D eigenvalue weighted by molar-refractivity contribution is 1.17. The minimum absolute atomic E-state index is 0.824. The molecule has 0 aliphatic rings. The molecule has 13 heavy (non-hydrogen) atoms. The van der Waals surface area contributed by atoms with E-state index in [2.05, 4.69) is 9.72 Å². The van der Waals surface area contributed by atoms with E-state index in [-0.39, 0.29) is 0 Å². The summed E-state index contributed by atoms with van der Waals surface area (Å²) in [5.41, 5.74) is 2.14. The van der Waals surface area contributed by atoms with Crippen LogP contribution in [0.15, 0.2) is 24.4 Å². The van der Waals surface area contributed by atoms with Crippen molar-refractivity contribution >= 4 is 22.9 Å². The molecule has 0 saturated carbocycles. The molecule has 2 aromatic rings. The fraction of sp³-hybridized carbons (Fsp3) is 0.200. The lowest BCUT2D eigenvalue weighted by Gasteiger charge is -2.01. The van der Waals surface area contributed by atoms with Crippen molar-refractivity contribution in [3.63, 3.8) is 0 Å². The second-order valence-electron chi connectivity index (χ2n) is 2.99. The average molecular weight is 195 g/mol. The van der Waals surface area contributed by atoms with E-state index in [9.17, 15) is 0 Å². The zero-order valence-corrected chi connectivity index (χ0v) is 8.39. The van der Waals surface area contributed by atoms with Crippen LogP contribution in [-0.2, 0) is 0 Å². The molecule has 68 valence electrons. The van der Waals surface area contributed by atoms with Crippen LogP contribution in [0.3, 0.4) is 0 Å². The second-order valence-corrected chi connectivity index (χ2v) is 3.37. The fourth-order valence-corrected chi connectivity index (χ4v) is 1.85. The molecule has 2 aromatic heterocycles. The van der Waals surface area contributed by atoms with Gasteiger partial charge in [-0.1, -0.05) is 17.7 Å². The van der Waals surface area contributed by atoms with Gasteiger partial charge in [0.15, 0.2) is 0 Å². The summed E-state index contributed by atoms with van der Waals surface area (Å²) >= 11 is 6.16. The van der Waals surface area contributed by atoms with Crippen LogP contribution in [0.5, 0.6) is 0 Å². The van der Waals surface area contributed by atoms with E-state index in [1.807, 2.05) is 38.4 Å². The summed E-state index contributed by atoms with van der Waals surface area (Å²) in [4.78, 5) is 0. The molecule has 0 atom stereocenters. The SMILES string of the molecule is CNc1c(C)c(Cl)c2ccccn12. The summed E-state index contributed by atoms with van der Waals surface area (Å²) in [6, 6.07) is 5.99. The molecule has 0 aliphatic heterocycles. The molecule has 1 N–H and O–H groups in total. The van der Waals surface area contributed by atoms with Gasteiger partial charge in [0.2, 0.25) is 0 Å². The Morgan fingerprint density at radius 2 is 2.15 bits per heavy atom. The van der Waals surface area contributed by atoms with Crippen molar-refractivity contribution in [3.8, 4) is 0 Å². The van der Waals surface area contributed by atoms with Crippen LogP contribution in [0.2, 0.25) is 5.02 Å². The zero-order chi connectivity index (χ0) is 9.42. The van der Waals surface area contributed by atoms with E-state index < -0.39 is 0 Å². The first-order valence-electron chi connectivity index (χ1n) is 4.18. The Bertz CT molecular complexity index is 445. The monoisotopic (exact) mass is 194 g/mol. The number of nitrogens with zero attached hydrogens (tertiary/aromatic N) is 1. The molecule has 0 radical (unpaired) electrons. The molecule has 0 unspecified atom stereocenters. The molecule has 2 heterocycles. The predicted molar refractivity (Wildman–Crippen MR) is 56.7 cm³/mol. The average Bonchev–Trinajstić information content (AvgIpc) is 2.41. The molecular weight excluding hydrogens is 184 g/mol. The minimum atomic E-state index is 0.824. The van der Waals surface area contributed by atoms with Crippen molar-refractivity contribution in [3.05, 3.63) is 35.0 Å². The van der Waals surface area contributed by atoms with Crippen molar-refractivity contribution < 1.29 is 0 Å². The first-order valence-corrected chi connectivity index (χ1v) is 4.56. The van der Waals surface area contributed by atoms with Crippen molar-refractivity contribution in [2.45, 2.75) is 6.92 Å². The molecule has 0 aliphatic carbocycles. The van der Waals surface area contributed by atoms with E-state index in [0.717, 1.165) is 21.9 Å². The van der Waals surface area contributed by atoms with E-state index in [0.29, 0.717) is 0 Å². The predicted octanol–water partition coefficient (Wildman–Crippen LogP) is 2.94. The summed E-state index contributed by atoms with van der Waals surface area (Å²) in [5.74, 6) is 1.06. The van der Waals surface area contributed by atoms with Crippen LogP contribution < -0.4 is 5.32 Å². The maximum absolute atomic E-state index is 6.16. The van der Waals surface area contributed by atoms with Gasteiger partial charge in [0.1, 0.15) is 5.82 Å². The molecule has 0 spiro atoms. The van der Waals surface area contributed by atoms with Crippen LogP contribution in [0.1, 0.15) is 5.56 Å². The number of hydrogen-bond acceptors (Lipinski definition) is 1. The maximum atomic E-state index is 6.16. The highest BCUT2D eigenvalue weighted by atomic mass is 35.5. The quantitative estimate of drug-likeness (QED) is 0.739. The molecule has 2 rings (SSSR count). The highest BCUT2D eigenvalue weighted by Crippen LogP contribution is 2.30. The summed E-state index contributed by atoms with van der Waals surface area (Å²) in [6.45, 7) is 2.02. The van der Waals surface area contributed by atoms with E-state index >= 15 is 0 Å². The number of fused-ring (bicyclic) bond motifs is 1. The molecule has 2 nitrogen and oxygen atoms in total. The van der Waals surface area contributed by atoms with Gasteiger partial charge in [0.05, 0.1) is 10.5 Å². The van der Waals surface area contributed by atoms with Crippen molar-refractivity contribution in [2.24, 2.45) is 0 Å². The van der Waals surface area contributed by atoms with Gasteiger partial charge in [-0.3, -0.25) is 0 Å². The fourth-order valence-electron chi connectivity index (χ4n) is 1.60. The van der Waals surface area contributed by atoms with Gasteiger partial charge < -0.3 is 9.72 Å². The minimum Gasteiger partial charge on any atom is -0.374 e. The Balaban J connectivity index is 2.90. The first-order chi connectivity index (χ1) is 6.25. The van der Waals surface area contributed by atoms with Gasteiger partial charge in [-0.15, -0.1) is 0 Å². The zero-order valence-electron chi connectivity index (χ0n) is 7.63. The second kappa shape index (κ2) is 2.96. The Morgan fingerprint density at radius 1 is 1.38 bits per heavy atom. The van der Waals surface area contributed by atoms with Crippen LogP contribution >= 0.6 is 11.6 Å². The van der Waals surface area contributed by atoms with Gasteiger partial charge in [-0.05, 0) is 19.1 Å². The normalized spacial score (nSPS) is 10.7. The summed E-state index contributed by atoms with van der Waals surface area (Å²) in [7, 11) is 1.90. The van der Waals surface area contributed by atoms with E-state index in [4.69, 9.17) is 11.6 Å². The highest BCUT2D eigenvalue weighted by molar-refractivity contribution is 6.35. The van der Waals surface area contributed by atoms with E-state index in [1.165, 1.54) is 0 Å². The van der Waals surface area contributed by atoms with Crippen LogP contribution in [0.4, 0.5) is 5.82 Å². The largest absolute Gasteiger partial charge is 0.374 e. The van der Waals surface area contributed by atoms with Gasteiger partial charge in [-0.25, -0.2) is 0 Å². The Labute approximate surface area is 82.1 Å². The van der Waals surface area contributed by atoms with Crippen molar-refractivity contribution in [2.75, 3.05) is 12.4 Å². The van der Waals surface area contributed by atoms with Gasteiger partial charge in [0.25, 0.3) is 0 Å². The third-order valence-electron chi connectivity index (χ3n) is 2.25. The van der Waals surface area contributed by atoms with Gasteiger partial charge in [0, 0.05) is 18.8 Å². The maximum Gasteiger partial charge on any atom is 0.114 e. The van der Waals surface area contributed by atoms with Crippen molar-refractivity contribution in [1.82, 2.24) is 4.40 Å². The van der Waals surface area contributed by atoms with Gasteiger partial charge in [-0.2, -0.15) is 0 Å². The third-order valence-corrected chi connectivity index (χ3v) is 2.72. The molecule has 3 heteroatoms. The molecular formula is C10H11ClN2. The Kier molecular flexibility index (Phi) is 1.93. The van der Waals surface area contributed by atoms with E-state index in [1.54, 1.807) is 0 Å². The number of anilines is 1. The Morgan fingerprint density at radius 3 is 2.85 bits per heavy atom. The smallest absolute Gasteiger partial charge is 0.114 e. The number of nitrogens with one attached hydrogen (secondary N) is 1. The molecule has 0 amide bonds. The third kappa shape index (κ3) is 1.10. The molecule has 0 aromatic carbocycles. The first kappa shape index (κ1) is 8.45. The number of halogens is 1. The summed E-state index contributed by atoms with van der Waals surface area (Å²) in [5, 5.41) is 3.96. The topological polar surface area (TPSA) is 16.4 Å². The lowest BCUT2D eigenvalue weighted by atomic mass is 10.3. The lowest BCUT2D eigenvalue weighted by Crippen LogP contribution is -1.94. The molecule has 0 fully saturated rings. The number of hydrogen-bond donors (Lipinski definition) is 1. The number of rotatable bonds is 1.